The summed E-state index contributed by atoms with van der Waals surface area (Å²) in [6.45, 7) is 1.07. The Labute approximate surface area is 199 Å². The molecule has 3 aromatic rings. The van der Waals surface area contributed by atoms with Crippen molar-refractivity contribution in [3.05, 3.63) is 84.3 Å². The fraction of sp³-hybridized carbons (Fsp3) is 0.280. The lowest BCUT2D eigenvalue weighted by Gasteiger charge is -2.33. The molecule has 2 amide bonds. The van der Waals surface area contributed by atoms with Crippen LogP contribution < -0.4 is 5.32 Å². The van der Waals surface area contributed by atoms with Crippen molar-refractivity contribution in [3.63, 3.8) is 0 Å². The Morgan fingerprint density at radius 1 is 0.853 bits per heavy atom. The zero-order chi connectivity index (χ0) is 24.0. The van der Waals surface area contributed by atoms with Gasteiger partial charge in [-0.1, -0.05) is 54.6 Å². The lowest BCUT2D eigenvalue weighted by Crippen LogP contribution is -2.51. The standard InChI is InChI=1S/C25H27N3O5S/c29-24(19-20-8-10-22(11-9-20)21-5-2-1-3-6-21)26-12-18-34(31,32)28-15-13-27(14-16-28)25(30)23-7-4-17-33-23/h1-11,17H,12-16,18-19H2,(H,26,29). The molecule has 1 aliphatic rings. The molecule has 2 heterocycles. The highest BCUT2D eigenvalue weighted by Gasteiger charge is 2.29. The monoisotopic (exact) mass is 481 g/mol. The van der Waals surface area contributed by atoms with Crippen LogP contribution in [0.25, 0.3) is 11.1 Å². The fourth-order valence-corrected chi connectivity index (χ4v) is 5.21. The predicted molar refractivity (Wildman–Crippen MR) is 129 cm³/mol. The molecule has 0 unspecified atom stereocenters. The molecule has 1 aromatic heterocycles. The number of hydrogen-bond donors (Lipinski definition) is 1. The first kappa shape index (κ1) is 23.7. The Balaban J connectivity index is 1.21. The first-order valence-corrected chi connectivity index (χ1v) is 12.7. The number of furan rings is 1. The molecule has 178 valence electrons. The maximum Gasteiger partial charge on any atom is 0.289 e. The zero-order valence-electron chi connectivity index (χ0n) is 18.7. The van der Waals surface area contributed by atoms with Crippen molar-refractivity contribution in [1.29, 1.82) is 0 Å². The second-order valence-corrected chi connectivity index (χ2v) is 10.2. The quantitative estimate of drug-likeness (QED) is 0.533. The van der Waals surface area contributed by atoms with E-state index in [-0.39, 0.29) is 49.4 Å². The molecular formula is C25H27N3O5S. The van der Waals surface area contributed by atoms with E-state index in [0.717, 1.165) is 16.7 Å². The van der Waals surface area contributed by atoms with Gasteiger partial charge in [0, 0.05) is 32.7 Å². The lowest BCUT2D eigenvalue weighted by atomic mass is 10.0. The third-order valence-corrected chi connectivity index (χ3v) is 7.63. The van der Waals surface area contributed by atoms with Crippen molar-refractivity contribution < 1.29 is 22.4 Å². The van der Waals surface area contributed by atoms with Crippen molar-refractivity contribution in [2.24, 2.45) is 0 Å². The third-order valence-electron chi connectivity index (χ3n) is 5.76. The number of sulfonamides is 1. The van der Waals surface area contributed by atoms with Gasteiger partial charge in [0.1, 0.15) is 0 Å². The minimum atomic E-state index is -3.53. The lowest BCUT2D eigenvalue weighted by molar-refractivity contribution is -0.120. The average Bonchev–Trinajstić information content (AvgIpc) is 3.40. The van der Waals surface area contributed by atoms with Gasteiger partial charge < -0.3 is 14.6 Å². The van der Waals surface area contributed by atoms with E-state index in [0.29, 0.717) is 13.1 Å². The number of carbonyl (C=O) groups excluding carboxylic acids is 2. The molecule has 8 nitrogen and oxygen atoms in total. The first-order chi connectivity index (χ1) is 16.4. The molecule has 2 aromatic carbocycles. The summed E-state index contributed by atoms with van der Waals surface area (Å²) in [5.41, 5.74) is 3.04. The number of amides is 2. The van der Waals surface area contributed by atoms with Crippen LogP contribution in [0, 0.1) is 0 Å². The van der Waals surface area contributed by atoms with Crippen LogP contribution in [0.3, 0.4) is 0 Å². The van der Waals surface area contributed by atoms with Gasteiger partial charge in [0.05, 0.1) is 18.4 Å². The summed E-state index contributed by atoms with van der Waals surface area (Å²) in [6, 6.07) is 21.0. The van der Waals surface area contributed by atoms with Gasteiger partial charge in [-0.2, -0.15) is 4.31 Å². The zero-order valence-corrected chi connectivity index (χ0v) is 19.5. The Kier molecular flexibility index (Phi) is 7.44. The number of hydrogen-bond acceptors (Lipinski definition) is 5. The van der Waals surface area contributed by atoms with Gasteiger partial charge in [-0.05, 0) is 28.8 Å². The second kappa shape index (κ2) is 10.7. The Morgan fingerprint density at radius 2 is 1.53 bits per heavy atom. The van der Waals surface area contributed by atoms with Crippen LogP contribution in [0.15, 0.2) is 77.4 Å². The Bertz CT molecular complexity index is 1200. The molecule has 0 radical (unpaired) electrons. The minimum Gasteiger partial charge on any atom is -0.459 e. The van der Waals surface area contributed by atoms with Crippen molar-refractivity contribution in [2.45, 2.75) is 6.42 Å². The van der Waals surface area contributed by atoms with Gasteiger partial charge in [0.15, 0.2) is 5.76 Å². The van der Waals surface area contributed by atoms with Gasteiger partial charge in [-0.15, -0.1) is 0 Å². The normalized spacial score (nSPS) is 14.6. The topological polar surface area (TPSA) is 99.9 Å². The van der Waals surface area contributed by atoms with E-state index >= 15 is 0 Å². The van der Waals surface area contributed by atoms with Crippen LogP contribution in [-0.2, 0) is 21.2 Å². The van der Waals surface area contributed by atoms with Crippen LogP contribution in [0.1, 0.15) is 16.1 Å². The fourth-order valence-electron chi connectivity index (χ4n) is 3.87. The van der Waals surface area contributed by atoms with Crippen molar-refractivity contribution in [1.82, 2.24) is 14.5 Å². The Hall–Kier alpha value is -3.43. The highest BCUT2D eigenvalue weighted by Crippen LogP contribution is 2.19. The molecule has 1 fully saturated rings. The smallest absolute Gasteiger partial charge is 0.289 e. The SMILES string of the molecule is O=C(Cc1ccc(-c2ccccc2)cc1)NCCS(=O)(=O)N1CCN(C(=O)c2ccco2)CC1. The first-order valence-electron chi connectivity index (χ1n) is 11.1. The highest BCUT2D eigenvalue weighted by molar-refractivity contribution is 7.89. The molecule has 0 spiro atoms. The average molecular weight is 482 g/mol. The number of carbonyl (C=O) groups is 2. The number of nitrogens with one attached hydrogen (secondary N) is 1. The van der Waals surface area contributed by atoms with E-state index in [1.54, 1.807) is 17.0 Å². The summed E-state index contributed by atoms with van der Waals surface area (Å²) in [6.07, 6.45) is 1.62. The minimum absolute atomic E-state index is 0.0365. The van der Waals surface area contributed by atoms with E-state index in [1.165, 1.54) is 10.6 Å². The van der Waals surface area contributed by atoms with Gasteiger partial charge in [-0.3, -0.25) is 9.59 Å². The maximum atomic E-state index is 12.7. The molecule has 34 heavy (non-hydrogen) atoms. The van der Waals surface area contributed by atoms with Gasteiger partial charge >= 0.3 is 0 Å². The molecular weight excluding hydrogens is 454 g/mol. The molecule has 0 atom stereocenters. The van der Waals surface area contributed by atoms with Crippen LogP contribution in [0.5, 0.6) is 0 Å². The molecule has 1 aliphatic heterocycles. The summed E-state index contributed by atoms with van der Waals surface area (Å²) in [4.78, 5) is 26.2. The summed E-state index contributed by atoms with van der Waals surface area (Å²) in [5, 5.41) is 2.70. The number of piperazine rings is 1. The molecule has 0 bridgehead atoms. The van der Waals surface area contributed by atoms with Crippen LogP contribution in [-0.4, -0.2) is 67.9 Å². The van der Waals surface area contributed by atoms with Gasteiger partial charge in [-0.25, -0.2) is 8.42 Å². The van der Waals surface area contributed by atoms with Crippen LogP contribution in [0.4, 0.5) is 0 Å². The third kappa shape index (κ3) is 5.92. The van der Waals surface area contributed by atoms with Crippen molar-refractivity contribution in [3.8, 4) is 11.1 Å². The summed E-state index contributed by atoms with van der Waals surface area (Å²) in [5.74, 6) is -0.408. The van der Waals surface area contributed by atoms with Gasteiger partial charge in [0.2, 0.25) is 15.9 Å². The van der Waals surface area contributed by atoms with E-state index in [4.69, 9.17) is 4.42 Å². The summed E-state index contributed by atoms with van der Waals surface area (Å²) in [7, 11) is -3.53. The molecule has 0 aliphatic carbocycles. The van der Waals surface area contributed by atoms with Crippen molar-refractivity contribution >= 4 is 21.8 Å². The molecule has 1 N–H and O–H groups in total. The molecule has 9 heteroatoms. The molecule has 4 rings (SSSR count). The van der Waals surface area contributed by atoms with E-state index in [2.05, 4.69) is 5.32 Å². The highest BCUT2D eigenvalue weighted by atomic mass is 32.2. The number of benzene rings is 2. The maximum absolute atomic E-state index is 12.7. The van der Waals surface area contributed by atoms with Crippen LogP contribution in [0.2, 0.25) is 0 Å². The number of rotatable bonds is 8. The summed E-state index contributed by atoms with van der Waals surface area (Å²) < 4.78 is 31.8. The van der Waals surface area contributed by atoms with E-state index in [9.17, 15) is 18.0 Å². The largest absolute Gasteiger partial charge is 0.459 e. The molecule has 1 saturated heterocycles. The van der Waals surface area contributed by atoms with E-state index < -0.39 is 10.0 Å². The van der Waals surface area contributed by atoms with Gasteiger partial charge in [0.25, 0.3) is 5.91 Å². The van der Waals surface area contributed by atoms with Crippen LogP contribution >= 0.6 is 0 Å². The second-order valence-electron chi connectivity index (χ2n) is 8.07. The Morgan fingerprint density at radius 3 is 2.18 bits per heavy atom. The summed E-state index contributed by atoms with van der Waals surface area (Å²) >= 11 is 0. The predicted octanol–water partition coefficient (Wildman–Crippen LogP) is 2.39. The van der Waals surface area contributed by atoms with E-state index in [1.807, 2.05) is 54.6 Å². The van der Waals surface area contributed by atoms with Crippen molar-refractivity contribution in [2.75, 3.05) is 38.5 Å². The molecule has 0 saturated carbocycles. The number of nitrogens with zero attached hydrogens (tertiary/aromatic N) is 2.